The number of hydrogen-bond donors (Lipinski definition) is 2. The van der Waals surface area contributed by atoms with Crippen LogP contribution in [0.5, 0.6) is 0 Å². The van der Waals surface area contributed by atoms with Gasteiger partial charge in [-0.2, -0.15) is 5.26 Å². The second-order valence-electron chi connectivity index (χ2n) is 6.53. The molecule has 2 N–H and O–H groups in total. The summed E-state index contributed by atoms with van der Waals surface area (Å²) in [6, 6.07) is 8.75. The Balaban J connectivity index is 1.52. The second-order valence-corrected chi connectivity index (χ2v) is 6.53. The molecule has 0 radical (unpaired) electrons. The SMILES string of the molecule is N#Cc1c(F)cccc1NCCNC(=O)C1CC(=O)N(c2cc(F)cc(F)c2)C1. The standard InChI is InChI=1S/C20H17F3N4O2/c21-13-7-14(22)9-15(8-13)27-11-12(6-19(27)28)20(29)26-5-4-25-18-3-1-2-17(23)16(18)10-24/h1-3,7-9,12,25H,4-6,11H2,(H,26,29). The summed E-state index contributed by atoms with van der Waals surface area (Å²) < 4.78 is 40.3. The summed E-state index contributed by atoms with van der Waals surface area (Å²) >= 11 is 0. The summed E-state index contributed by atoms with van der Waals surface area (Å²) in [7, 11) is 0. The van der Waals surface area contributed by atoms with Crippen LogP contribution < -0.4 is 15.5 Å². The molecule has 3 rings (SSSR count). The third kappa shape index (κ3) is 4.66. The molecule has 2 aromatic rings. The van der Waals surface area contributed by atoms with Crippen molar-refractivity contribution in [3.05, 3.63) is 59.4 Å². The topological polar surface area (TPSA) is 85.2 Å². The van der Waals surface area contributed by atoms with Crippen molar-refractivity contribution in [3.63, 3.8) is 0 Å². The zero-order valence-corrected chi connectivity index (χ0v) is 15.2. The number of nitrogens with zero attached hydrogens (tertiary/aromatic N) is 2. The summed E-state index contributed by atoms with van der Waals surface area (Å²) in [6.07, 6.45) is -0.0696. The normalized spacial score (nSPS) is 15.9. The Morgan fingerprint density at radius 1 is 1.17 bits per heavy atom. The Kier molecular flexibility index (Phi) is 6.02. The van der Waals surface area contributed by atoms with Crippen molar-refractivity contribution in [2.75, 3.05) is 29.9 Å². The molecule has 150 valence electrons. The van der Waals surface area contributed by atoms with Crippen LogP contribution in [0.2, 0.25) is 0 Å². The van der Waals surface area contributed by atoms with Crippen LogP contribution in [0.15, 0.2) is 36.4 Å². The van der Waals surface area contributed by atoms with Crippen LogP contribution in [0, 0.1) is 34.7 Å². The van der Waals surface area contributed by atoms with E-state index in [4.69, 9.17) is 5.26 Å². The zero-order valence-electron chi connectivity index (χ0n) is 15.2. The van der Waals surface area contributed by atoms with Crippen LogP contribution in [0.25, 0.3) is 0 Å². The van der Waals surface area contributed by atoms with Gasteiger partial charge in [0.25, 0.3) is 0 Å². The number of carbonyl (C=O) groups excluding carboxylic acids is 2. The highest BCUT2D eigenvalue weighted by Gasteiger charge is 2.35. The molecule has 2 amide bonds. The van der Waals surface area contributed by atoms with Crippen molar-refractivity contribution in [3.8, 4) is 6.07 Å². The summed E-state index contributed by atoms with van der Waals surface area (Å²) in [5.74, 6) is -3.68. The first-order valence-electron chi connectivity index (χ1n) is 8.85. The Morgan fingerprint density at radius 3 is 2.59 bits per heavy atom. The van der Waals surface area contributed by atoms with Crippen LogP contribution in [0.1, 0.15) is 12.0 Å². The number of hydrogen-bond acceptors (Lipinski definition) is 4. The average Bonchev–Trinajstić information content (AvgIpc) is 3.06. The highest BCUT2D eigenvalue weighted by molar-refractivity contribution is 6.00. The molecule has 0 bridgehead atoms. The Labute approximate surface area is 164 Å². The zero-order chi connectivity index (χ0) is 21.0. The summed E-state index contributed by atoms with van der Waals surface area (Å²) in [5, 5.41) is 14.5. The maximum atomic E-state index is 13.5. The quantitative estimate of drug-likeness (QED) is 0.728. The fourth-order valence-electron chi connectivity index (χ4n) is 3.14. The maximum Gasteiger partial charge on any atom is 0.227 e. The number of benzene rings is 2. The van der Waals surface area contributed by atoms with Crippen LogP contribution in [0.4, 0.5) is 24.5 Å². The molecule has 0 aliphatic carbocycles. The van der Waals surface area contributed by atoms with Crippen LogP contribution in [0.3, 0.4) is 0 Å². The smallest absolute Gasteiger partial charge is 0.227 e. The predicted molar refractivity (Wildman–Crippen MR) is 99.4 cm³/mol. The van der Waals surface area contributed by atoms with Crippen molar-refractivity contribution in [1.82, 2.24) is 5.32 Å². The van der Waals surface area contributed by atoms with Crippen molar-refractivity contribution in [2.24, 2.45) is 5.92 Å². The third-order valence-corrected chi connectivity index (χ3v) is 4.52. The Bertz CT molecular complexity index is 970. The number of nitriles is 1. The van der Waals surface area contributed by atoms with Crippen molar-refractivity contribution < 1.29 is 22.8 Å². The molecule has 1 aliphatic heterocycles. The first-order chi connectivity index (χ1) is 13.9. The minimum absolute atomic E-state index is 0.0173. The lowest BCUT2D eigenvalue weighted by molar-refractivity contribution is -0.126. The molecule has 9 heteroatoms. The molecule has 29 heavy (non-hydrogen) atoms. The van der Waals surface area contributed by atoms with Gasteiger partial charge in [-0.05, 0) is 24.3 Å². The van der Waals surface area contributed by atoms with Gasteiger partial charge in [0.2, 0.25) is 11.8 Å². The highest BCUT2D eigenvalue weighted by atomic mass is 19.1. The molecule has 1 aliphatic rings. The van der Waals surface area contributed by atoms with E-state index in [-0.39, 0.29) is 43.2 Å². The summed E-state index contributed by atoms with van der Waals surface area (Å²) in [6.45, 7) is 0.437. The fraction of sp³-hybridized carbons (Fsp3) is 0.250. The van der Waals surface area contributed by atoms with Gasteiger partial charge in [-0.25, -0.2) is 13.2 Å². The van der Waals surface area contributed by atoms with Gasteiger partial charge in [-0.3, -0.25) is 9.59 Å². The second kappa shape index (κ2) is 8.65. The monoisotopic (exact) mass is 402 g/mol. The number of anilines is 2. The van der Waals surface area contributed by atoms with Gasteiger partial charge >= 0.3 is 0 Å². The molecule has 1 atom stereocenters. The molecule has 0 saturated carbocycles. The highest BCUT2D eigenvalue weighted by Crippen LogP contribution is 2.26. The first-order valence-corrected chi connectivity index (χ1v) is 8.85. The van der Waals surface area contributed by atoms with Crippen molar-refractivity contribution >= 4 is 23.2 Å². The molecule has 0 spiro atoms. The van der Waals surface area contributed by atoms with Gasteiger partial charge in [-0.15, -0.1) is 0 Å². The number of amides is 2. The maximum absolute atomic E-state index is 13.5. The summed E-state index contributed by atoms with van der Waals surface area (Å²) in [4.78, 5) is 25.6. The van der Waals surface area contributed by atoms with Crippen LogP contribution >= 0.6 is 0 Å². The minimum atomic E-state index is -0.805. The Hall–Kier alpha value is -3.54. The van der Waals surface area contributed by atoms with Gasteiger partial charge in [0.1, 0.15) is 29.1 Å². The van der Waals surface area contributed by atoms with E-state index in [0.717, 1.165) is 12.1 Å². The van der Waals surface area contributed by atoms with E-state index >= 15 is 0 Å². The van der Waals surface area contributed by atoms with Gasteiger partial charge in [0, 0.05) is 37.8 Å². The molecule has 1 saturated heterocycles. The van der Waals surface area contributed by atoms with Crippen LogP contribution in [-0.4, -0.2) is 31.4 Å². The molecule has 1 unspecified atom stereocenters. The van der Waals surface area contributed by atoms with Crippen molar-refractivity contribution in [1.29, 1.82) is 5.26 Å². The van der Waals surface area contributed by atoms with E-state index in [1.54, 1.807) is 12.1 Å². The minimum Gasteiger partial charge on any atom is -0.382 e. The van der Waals surface area contributed by atoms with E-state index < -0.39 is 29.3 Å². The van der Waals surface area contributed by atoms with E-state index in [2.05, 4.69) is 10.6 Å². The molecule has 0 aromatic heterocycles. The van der Waals surface area contributed by atoms with E-state index in [1.807, 2.05) is 0 Å². The third-order valence-electron chi connectivity index (χ3n) is 4.52. The van der Waals surface area contributed by atoms with E-state index in [9.17, 15) is 22.8 Å². The number of carbonyl (C=O) groups is 2. The molecular formula is C20H17F3N4O2. The van der Waals surface area contributed by atoms with Gasteiger partial charge in [-0.1, -0.05) is 6.07 Å². The molecular weight excluding hydrogens is 385 g/mol. The lowest BCUT2D eigenvalue weighted by Gasteiger charge is -2.17. The molecule has 2 aromatic carbocycles. The van der Waals surface area contributed by atoms with Crippen molar-refractivity contribution in [2.45, 2.75) is 6.42 Å². The van der Waals surface area contributed by atoms with E-state index in [0.29, 0.717) is 11.8 Å². The fourth-order valence-corrected chi connectivity index (χ4v) is 3.14. The number of nitrogens with one attached hydrogen (secondary N) is 2. The first kappa shape index (κ1) is 20.2. The average molecular weight is 402 g/mol. The molecule has 1 fully saturated rings. The lowest BCUT2D eigenvalue weighted by Crippen LogP contribution is -2.35. The molecule has 1 heterocycles. The van der Waals surface area contributed by atoms with E-state index in [1.165, 1.54) is 17.0 Å². The molecule has 6 nitrogen and oxygen atoms in total. The predicted octanol–water partition coefficient (Wildman–Crippen LogP) is 2.56. The van der Waals surface area contributed by atoms with Gasteiger partial charge in [0.05, 0.1) is 11.6 Å². The lowest BCUT2D eigenvalue weighted by atomic mass is 10.1. The number of rotatable bonds is 6. The summed E-state index contributed by atoms with van der Waals surface area (Å²) in [5.41, 5.74) is 0.273. The number of halogens is 3. The van der Waals surface area contributed by atoms with Crippen LogP contribution in [-0.2, 0) is 9.59 Å². The largest absolute Gasteiger partial charge is 0.382 e. The van der Waals surface area contributed by atoms with Gasteiger partial charge < -0.3 is 15.5 Å². The van der Waals surface area contributed by atoms with Gasteiger partial charge in [0.15, 0.2) is 0 Å². The Morgan fingerprint density at radius 2 is 1.90 bits per heavy atom.